The van der Waals surface area contributed by atoms with Gasteiger partial charge in [0.05, 0.1) is 25.3 Å². The van der Waals surface area contributed by atoms with Gasteiger partial charge in [-0.3, -0.25) is 0 Å². The van der Waals surface area contributed by atoms with Crippen LogP contribution in [0.2, 0.25) is 0 Å². The highest BCUT2D eigenvalue weighted by atomic mass is 16.4. The predicted octanol–water partition coefficient (Wildman–Crippen LogP) is 0.828. The molecule has 1 amide bonds. The summed E-state index contributed by atoms with van der Waals surface area (Å²) >= 11 is 0. The van der Waals surface area contributed by atoms with Crippen molar-refractivity contribution in [1.82, 2.24) is 4.90 Å². The first-order valence-electron chi connectivity index (χ1n) is 9.29. The van der Waals surface area contributed by atoms with E-state index in [1.165, 1.54) is 0 Å². The van der Waals surface area contributed by atoms with Crippen molar-refractivity contribution in [2.75, 3.05) is 13.1 Å². The van der Waals surface area contributed by atoms with Crippen LogP contribution in [0, 0.1) is 0 Å². The predicted molar refractivity (Wildman–Crippen MR) is 108 cm³/mol. The van der Waals surface area contributed by atoms with Gasteiger partial charge in [-0.15, -0.1) is 0 Å². The summed E-state index contributed by atoms with van der Waals surface area (Å²) in [6, 6.07) is 17.6. The molecule has 2 aromatic carbocycles. The zero-order chi connectivity index (χ0) is 20.5. The summed E-state index contributed by atoms with van der Waals surface area (Å²) in [4.78, 5) is 12.5. The summed E-state index contributed by atoms with van der Waals surface area (Å²) in [5.41, 5.74) is 14.0. The van der Waals surface area contributed by atoms with Crippen molar-refractivity contribution in [2.45, 2.75) is 37.1 Å². The van der Waals surface area contributed by atoms with Crippen molar-refractivity contribution >= 4 is 6.09 Å². The number of nitrogens with two attached hydrogens (primary N) is 2. The largest absolute Gasteiger partial charge is 0.465 e. The second-order valence-corrected chi connectivity index (χ2v) is 7.03. The molecule has 0 saturated heterocycles. The Bertz CT molecular complexity index is 659. The number of nitrogens with zero attached hydrogens (tertiary/aromatic N) is 1. The molecule has 2 aromatic rings. The Labute approximate surface area is 165 Å². The summed E-state index contributed by atoms with van der Waals surface area (Å²) in [7, 11) is 0. The Hall–Kier alpha value is -2.45. The van der Waals surface area contributed by atoms with Gasteiger partial charge in [-0.2, -0.15) is 0 Å². The first kappa shape index (κ1) is 21.8. The Kier molecular flexibility index (Phi) is 8.41. The fraction of sp³-hybridized carbons (Fsp3) is 0.381. The van der Waals surface area contributed by atoms with Gasteiger partial charge in [-0.05, 0) is 24.0 Å². The molecule has 28 heavy (non-hydrogen) atoms. The summed E-state index contributed by atoms with van der Waals surface area (Å²) in [6.07, 6.45) is -2.52. The minimum Gasteiger partial charge on any atom is -0.465 e. The molecule has 7 heteroatoms. The molecule has 0 heterocycles. The molecule has 4 atom stereocenters. The highest BCUT2D eigenvalue weighted by Crippen LogP contribution is 2.09. The van der Waals surface area contributed by atoms with Gasteiger partial charge in [0.25, 0.3) is 0 Å². The van der Waals surface area contributed by atoms with E-state index in [9.17, 15) is 20.1 Å². The summed E-state index contributed by atoms with van der Waals surface area (Å²) in [6.45, 7) is -0.392. The van der Waals surface area contributed by atoms with Gasteiger partial charge in [-0.1, -0.05) is 60.7 Å². The highest BCUT2D eigenvalue weighted by Gasteiger charge is 2.26. The Morgan fingerprint density at radius 2 is 1.14 bits per heavy atom. The lowest BCUT2D eigenvalue weighted by Gasteiger charge is -2.29. The van der Waals surface area contributed by atoms with E-state index in [-0.39, 0.29) is 13.1 Å². The van der Waals surface area contributed by atoms with Crippen LogP contribution in [0.25, 0.3) is 0 Å². The number of benzene rings is 2. The van der Waals surface area contributed by atoms with E-state index in [1.807, 2.05) is 60.7 Å². The van der Waals surface area contributed by atoms with Gasteiger partial charge in [0.2, 0.25) is 0 Å². The van der Waals surface area contributed by atoms with Gasteiger partial charge in [-0.25, -0.2) is 4.79 Å². The lowest BCUT2D eigenvalue weighted by atomic mass is 10.0. The number of aliphatic hydroxyl groups excluding tert-OH is 2. The van der Waals surface area contributed by atoms with E-state index in [0.29, 0.717) is 12.8 Å². The third kappa shape index (κ3) is 6.94. The molecule has 0 bridgehead atoms. The topological polar surface area (TPSA) is 133 Å². The summed E-state index contributed by atoms with van der Waals surface area (Å²) in [5.74, 6) is 0. The zero-order valence-electron chi connectivity index (χ0n) is 15.8. The quantitative estimate of drug-likeness (QED) is 0.410. The van der Waals surface area contributed by atoms with Gasteiger partial charge in [0, 0.05) is 12.1 Å². The Morgan fingerprint density at radius 3 is 1.46 bits per heavy atom. The van der Waals surface area contributed by atoms with Gasteiger partial charge in [0.1, 0.15) is 0 Å². The number of rotatable bonds is 10. The van der Waals surface area contributed by atoms with E-state index in [2.05, 4.69) is 0 Å². The molecule has 0 spiro atoms. The van der Waals surface area contributed by atoms with E-state index in [4.69, 9.17) is 11.5 Å². The maximum Gasteiger partial charge on any atom is 0.407 e. The molecule has 0 saturated carbocycles. The number of hydrogen-bond donors (Lipinski definition) is 5. The first-order valence-corrected chi connectivity index (χ1v) is 9.29. The van der Waals surface area contributed by atoms with Crippen LogP contribution in [-0.2, 0) is 12.8 Å². The molecule has 0 aliphatic carbocycles. The number of carbonyl (C=O) groups is 1. The summed E-state index contributed by atoms with van der Waals surface area (Å²) < 4.78 is 0. The molecule has 2 rings (SSSR count). The molecule has 0 fully saturated rings. The van der Waals surface area contributed by atoms with E-state index < -0.39 is 30.4 Å². The van der Waals surface area contributed by atoms with Crippen molar-refractivity contribution in [3.8, 4) is 0 Å². The van der Waals surface area contributed by atoms with E-state index >= 15 is 0 Å². The molecule has 4 unspecified atom stereocenters. The number of aliphatic hydroxyl groups is 2. The molecular weight excluding hydrogens is 358 g/mol. The molecule has 0 aromatic heterocycles. The molecular formula is C21H29N3O4. The third-order valence-electron chi connectivity index (χ3n) is 4.70. The van der Waals surface area contributed by atoms with Crippen LogP contribution in [0.3, 0.4) is 0 Å². The van der Waals surface area contributed by atoms with Gasteiger partial charge < -0.3 is 31.7 Å². The average Bonchev–Trinajstić information content (AvgIpc) is 2.68. The van der Waals surface area contributed by atoms with Crippen molar-refractivity contribution in [1.29, 1.82) is 0 Å². The fourth-order valence-corrected chi connectivity index (χ4v) is 3.00. The molecule has 152 valence electrons. The first-order chi connectivity index (χ1) is 13.4. The number of hydrogen-bond acceptors (Lipinski definition) is 5. The van der Waals surface area contributed by atoms with Crippen LogP contribution >= 0.6 is 0 Å². The van der Waals surface area contributed by atoms with Crippen LogP contribution in [0.15, 0.2) is 60.7 Å². The number of amides is 1. The lowest BCUT2D eigenvalue weighted by molar-refractivity contribution is 0.0484. The van der Waals surface area contributed by atoms with Crippen molar-refractivity contribution < 1.29 is 20.1 Å². The smallest absolute Gasteiger partial charge is 0.407 e. The average molecular weight is 387 g/mol. The maximum absolute atomic E-state index is 11.6. The Morgan fingerprint density at radius 1 is 0.786 bits per heavy atom. The van der Waals surface area contributed by atoms with Crippen LogP contribution < -0.4 is 11.5 Å². The lowest BCUT2D eigenvalue weighted by Crippen LogP contribution is -2.51. The van der Waals surface area contributed by atoms with Crippen LogP contribution in [0.1, 0.15) is 11.1 Å². The van der Waals surface area contributed by atoms with Crippen LogP contribution in [-0.4, -0.2) is 63.7 Å². The van der Waals surface area contributed by atoms with Gasteiger partial charge >= 0.3 is 6.09 Å². The standard InChI is InChI=1S/C21H29N3O4/c22-17(11-15-7-3-1-4-8-15)19(25)13-24(21(27)28)14-20(26)18(23)12-16-9-5-2-6-10-16/h1-10,17-20,25-26H,11-14,22-23H2,(H,27,28). The molecule has 0 aliphatic rings. The third-order valence-corrected chi connectivity index (χ3v) is 4.70. The van der Waals surface area contributed by atoms with Gasteiger partial charge in [0.15, 0.2) is 0 Å². The normalized spacial score (nSPS) is 15.4. The van der Waals surface area contributed by atoms with Crippen molar-refractivity contribution in [3.05, 3.63) is 71.8 Å². The van der Waals surface area contributed by atoms with Crippen LogP contribution in [0.5, 0.6) is 0 Å². The molecule has 7 nitrogen and oxygen atoms in total. The van der Waals surface area contributed by atoms with Crippen molar-refractivity contribution in [3.63, 3.8) is 0 Å². The highest BCUT2D eigenvalue weighted by molar-refractivity contribution is 5.65. The second-order valence-electron chi connectivity index (χ2n) is 7.03. The Balaban J connectivity index is 1.89. The second kappa shape index (κ2) is 10.8. The fourth-order valence-electron chi connectivity index (χ4n) is 3.00. The molecule has 0 radical (unpaired) electrons. The SMILES string of the molecule is NC(Cc1ccccc1)C(O)CN(CC(O)C(N)Cc1ccccc1)C(=O)O. The van der Waals surface area contributed by atoms with Crippen LogP contribution in [0.4, 0.5) is 4.79 Å². The minimum atomic E-state index is -1.24. The zero-order valence-corrected chi connectivity index (χ0v) is 15.8. The monoisotopic (exact) mass is 387 g/mol. The number of carboxylic acid groups (broad SMARTS) is 1. The molecule has 7 N–H and O–H groups in total. The van der Waals surface area contributed by atoms with E-state index in [0.717, 1.165) is 16.0 Å². The van der Waals surface area contributed by atoms with Crippen molar-refractivity contribution in [2.24, 2.45) is 11.5 Å². The van der Waals surface area contributed by atoms with E-state index in [1.54, 1.807) is 0 Å². The molecule has 0 aliphatic heterocycles. The maximum atomic E-state index is 11.6. The summed E-state index contributed by atoms with van der Waals surface area (Å²) in [5, 5.41) is 30.1. The minimum absolute atomic E-state index is 0.196.